The van der Waals surface area contributed by atoms with Crippen LogP contribution in [-0.2, 0) is 11.0 Å². The summed E-state index contributed by atoms with van der Waals surface area (Å²) in [6.07, 6.45) is 2.91. The topological polar surface area (TPSA) is 136 Å². The Kier molecular flexibility index (Phi) is 11.9. The first kappa shape index (κ1) is 36.7. The van der Waals surface area contributed by atoms with Gasteiger partial charge in [0.15, 0.2) is 5.82 Å². The van der Waals surface area contributed by atoms with E-state index in [9.17, 15) is 9.90 Å². The molecular formula is C35H41BrIN7O4Si. The summed E-state index contributed by atoms with van der Waals surface area (Å²) >= 11 is 5.57. The van der Waals surface area contributed by atoms with Gasteiger partial charge in [-0.15, -0.1) is 0 Å². The van der Waals surface area contributed by atoms with Crippen molar-refractivity contribution in [1.29, 1.82) is 0 Å². The zero-order valence-electron chi connectivity index (χ0n) is 28.2. The molecule has 5 aromatic rings. The fourth-order valence-corrected chi connectivity index (χ4v) is 11.8. The number of hydrogen-bond donors (Lipinski definition) is 3. The van der Waals surface area contributed by atoms with Crippen molar-refractivity contribution in [2.24, 2.45) is 0 Å². The Morgan fingerprint density at radius 2 is 1.71 bits per heavy atom. The number of amides is 1. The lowest BCUT2D eigenvalue weighted by atomic mass is 10.1. The number of fused-ring (bicyclic) bond motifs is 1. The minimum atomic E-state index is -2.73. The fourth-order valence-electron chi connectivity index (χ4n) is 6.25. The number of methoxy groups -OCH3 is 1. The van der Waals surface area contributed by atoms with E-state index in [2.05, 4.69) is 140 Å². The Balaban J connectivity index is 1.51. The van der Waals surface area contributed by atoms with Crippen molar-refractivity contribution in [1.82, 2.24) is 24.7 Å². The van der Waals surface area contributed by atoms with E-state index in [1.807, 2.05) is 18.2 Å². The molecule has 14 heteroatoms. The lowest BCUT2D eigenvalue weighted by Gasteiger charge is -2.43. The molecule has 0 bridgehead atoms. The van der Waals surface area contributed by atoms with Crippen LogP contribution in [0.25, 0.3) is 11.0 Å². The molecule has 2 aromatic carbocycles. The zero-order valence-corrected chi connectivity index (χ0v) is 32.9. The molecule has 0 saturated carbocycles. The molecule has 49 heavy (non-hydrogen) atoms. The van der Waals surface area contributed by atoms with Crippen LogP contribution in [0.4, 0.5) is 16.6 Å². The first-order valence-electron chi connectivity index (χ1n) is 16.1. The molecule has 0 spiro atoms. The molecule has 3 aromatic heterocycles. The van der Waals surface area contributed by atoms with E-state index in [-0.39, 0.29) is 23.6 Å². The number of anilines is 2. The molecule has 3 heterocycles. The van der Waals surface area contributed by atoms with Gasteiger partial charge in [-0.3, -0.25) is 15.0 Å². The van der Waals surface area contributed by atoms with Crippen molar-refractivity contribution >= 4 is 86.1 Å². The highest BCUT2D eigenvalue weighted by Crippen LogP contribution is 2.37. The van der Waals surface area contributed by atoms with Crippen LogP contribution in [0.3, 0.4) is 0 Å². The standard InChI is InChI=1S/C35H41BrIN7O4Si/c1-6-13-24(18-19-48-49(35(2,3)4,25-14-9-7-10-15-25)26-16-11-8-12-17-26)39-32-30-29(40-33(41-32)42-34(45)46)31(37)43-44(30)22-27-28(47-5)20-23(36)21-38-27/h7-12,14-17,20-21,24H,6,13,18-19,22H2,1-5H3,(H,45,46)(H2,39,40,41,42)/t24-/m0/s1. The molecule has 258 valence electrons. The number of pyridine rings is 1. The highest BCUT2D eigenvalue weighted by atomic mass is 127. The van der Waals surface area contributed by atoms with Gasteiger partial charge in [-0.05, 0) is 72.8 Å². The van der Waals surface area contributed by atoms with E-state index >= 15 is 0 Å². The van der Waals surface area contributed by atoms with Crippen LogP contribution in [0.2, 0.25) is 5.04 Å². The Morgan fingerprint density at radius 1 is 1.06 bits per heavy atom. The predicted molar refractivity (Wildman–Crippen MR) is 208 cm³/mol. The molecule has 0 unspecified atom stereocenters. The molecule has 0 aliphatic rings. The summed E-state index contributed by atoms with van der Waals surface area (Å²) in [5.74, 6) is 1.05. The quantitative estimate of drug-likeness (QED) is 0.0778. The SMILES string of the molecule is CCC[C@@H](CCO[Si](c1ccccc1)(c1ccccc1)C(C)(C)C)Nc1nc(NC(=O)O)nc2c(I)nn(Cc3ncc(Br)cc3OC)c12. The number of carboxylic acid groups (broad SMARTS) is 1. The van der Waals surface area contributed by atoms with E-state index < -0.39 is 14.4 Å². The third-order valence-electron chi connectivity index (χ3n) is 8.36. The van der Waals surface area contributed by atoms with E-state index in [0.717, 1.165) is 17.3 Å². The van der Waals surface area contributed by atoms with Gasteiger partial charge in [0.2, 0.25) is 5.95 Å². The summed E-state index contributed by atoms with van der Waals surface area (Å²) in [4.78, 5) is 25.4. The molecule has 0 aliphatic carbocycles. The average molecular weight is 859 g/mol. The summed E-state index contributed by atoms with van der Waals surface area (Å²) in [6.45, 7) is 9.75. The van der Waals surface area contributed by atoms with Crippen molar-refractivity contribution in [3.63, 3.8) is 0 Å². The number of ether oxygens (including phenoxy) is 1. The molecule has 1 amide bonds. The molecule has 0 fully saturated rings. The molecule has 5 rings (SSSR count). The number of benzene rings is 2. The Bertz CT molecular complexity index is 1850. The van der Waals surface area contributed by atoms with Crippen molar-refractivity contribution in [2.45, 2.75) is 64.6 Å². The minimum absolute atomic E-state index is 0.0295. The van der Waals surface area contributed by atoms with Gasteiger partial charge >= 0.3 is 6.09 Å². The summed E-state index contributed by atoms with van der Waals surface area (Å²) in [5, 5.41) is 22.6. The second-order valence-corrected chi connectivity index (χ2v) is 18.9. The number of nitrogens with zero attached hydrogens (tertiary/aromatic N) is 5. The molecule has 11 nitrogen and oxygen atoms in total. The number of carbonyl (C=O) groups is 1. The van der Waals surface area contributed by atoms with Gasteiger partial charge in [0.1, 0.15) is 26.2 Å². The lowest BCUT2D eigenvalue weighted by molar-refractivity contribution is 0.209. The van der Waals surface area contributed by atoms with Crippen LogP contribution in [0.1, 0.15) is 52.7 Å². The molecule has 0 radical (unpaired) electrons. The highest BCUT2D eigenvalue weighted by molar-refractivity contribution is 14.1. The predicted octanol–water partition coefficient (Wildman–Crippen LogP) is 7.28. The van der Waals surface area contributed by atoms with E-state index in [4.69, 9.17) is 14.3 Å². The third kappa shape index (κ3) is 8.24. The monoisotopic (exact) mass is 857 g/mol. The van der Waals surface area contributed by atoms with Crippen molar-refractivity contribution in [3.05, 3.63) is 86.8 Å². The maximum Gasteiger partial charge on any atom is 0.411 e. The Labute approximate surface area is 309 Å². The summed E-state index contributed by atoms with van der Waals surface area (Å²) < 4.78 is 16.0. The number of hydrogen-bond acceptors (Lipinski definition) is 8. The zero-order chi connectivity index (χ0) is 35.2. The van der Waals surface area contributed by atoms with Crippen molar-refractivity contribution < 1.29 is 19.1 Å². The maximum atomic E-state index is 11.6. The van der Waals surface area contributed by atoms with Crippen LogP contribution >= 0.6 is 38.5 Å². The number of nitrogens with one attached hydrogen (secondary N) is 2. The maximum absolute atomic E-state index is 11.6. The number of rotatable bonds is 14. The lowest BCUT2D eigenvalue weighted by Crippen LogP contribution is -2.66. The number of halogens is 2. The third-order valence-corrected chi connectivity index (χ3v) is 14.6. The van der Waals surface area contributed by atoms with Crippen molar-refractivity contribution in [3.8, 4) is 5.75 Å². The van der Waals surface area contributed by atoms with Gasteiger partial charge in [-0.1, -0.05) is 94.8 Å². The molecular weight excluding hydrogens is 817 g/mol. The average Bonchev–Trinajstić information content (AvgIpc) is 3.38. The summed E-state index contributed by atoms with van der Waals surface area (Å²) in [6, 6.07) is 23.0. The van der Waals surface area contributed by atoms with Gasteiger partial charge in [-0.25, -0.2) is 9.78 Å². The van der Waals surface area contributed by atoms with Gasteiger partial charge in [0, 0.05) is 23.3 Å². The van der Waals surface area contributed by atoms with Gasteiger partial charge in [0.05, 0.1) is 13.7 Å². The molecule has 0 aliphatic heterocycles. The van der Waals surface area contributed by atoms with Crippen LogP contribution in [0, 0.1) is 3.70 Å². The van der Waals surface area contributed by atoms with Crippen LogP contribution < -0.4 is 25.7 Å². The largest absolute Gasteiger partial charge is 0.495 e. The molecule has 3 N–H and O–H groups in total. The van der Waals surface area contributed by atoms with Crippen LogP contribution in [-0.4, -0.2) is 64.0 Å². The normalized spacial score (nSPS) is 12.6. The van der Waals surface area contributed by atoms with Gasteiger partial charge in [0.25, 0.3) is 8.32 Å². The van der Waals surface area contributed by atoms with E-state index in [1.54, 1.807) is 18.0 Å². The second kappa shape index (κ2) is 16.0. The van der Waals surface area contributed by atoms with Gasteiger partial charge < -0.3 is 19.6 Å². The Morgan fingerprint density at radius 3 is 2.29 bits per heavy atom. The second-order valence-electron chi connectivity index (χ2n) is 12.7. The number of aromatic nitrogens is 5. The summed E-state index contributed by atoms with van der Waals surface area (Å²) in [5.41, 5.74) is 1.84. The fraction of sp³-hybridized carbons (Fsp3) is 0.343. The minimum Gasteiger partial charge on any atom is -0.495 e. The van der Waals surface area contributed by atoms with Crippen molar-refractivity contribution in [2.75, 3.05) is 24.4 Å². The van der Waals surface area contributed by atoms with E-state index in [0.29, 0.717) is 45.0 Å². The molecule has 0 saturated heterocycles. The summed E-state index contributed by atoms with van der Waals surface area (Å²) in [7, 11) is -1.13. The van der Waals surface area contributed by atoms with Gasteiger partial charge in [-0.2, -0.15) is 10.1 Å². The van der Waals surface area contributed by atoms with Crippen LogP contribution in [0.15, 0.2) is 77.4 Å². The Hall–Kier alpha value is -3.60. The van der Waals surface area contributed by atoms with E-state index in [1.165, 1.54) is 10.4 Å². The molecule has 1 atom stereocenters. The van der Waals surface area contributed by atoms with Crippen LogP contribution in [0.5, 0.6) is 5.75 Å². The smallest absolute Gasteiger partial charge is 0.411 e. The first-order chi connectivity index (χ1) is 23.5. The first-order valence-corrected chi connectivity index (χ1v) is 19.9. The highest BCUT2D eigenvalue weighted by Gasteiger charge is 2.50.